The number of esters is 1. The molecule has 1 aromatic carbocycles. The molecule has 2 aromatic rings. The Hall–Kier alpha value is -2.93. The van der Waals surface area contributed by atoms with Crippen LogP contribution in [0.15, 0.2) is 48.8 Å². The van der Waals surface area contributed by atoms with Crippen molar-refractivity contribution in [3.05, 3.63) is 59.9 Å². The van der Waals surface area contributed by atoms with E-state index < -0.39 is 0 Å². The summed E-state index contributed by atoms with van der Waals surface area (Å²) in [5, 5.41) is 3.47. The Bertz CT molecular complexity index is 879. The van der Waals surface area contributed by atoms with Crippen molar-refractivity contribution >= 4 is 17.6 Å². The van der Waals surface area contributed by atoms with Gasteiger partial charge < -0.3 is 19.9 Å². The number of piperidine rings is 1. The first kappa shape index (κ1) is 21.3. The molecule has 0 aliphatic carbocycles. The summed E-state index contributed by atoms with van der Waals surface area (Å²) in [5.41, 5.74) is 3.03. The lowest BCUT2D eigenvalue weighted by Crippen LogP contribution is -2.46. The average Bonchev–Trinajstić information content (AvgIpc) is 2.84. The number of hydrogen-bond donors (Lipinski definition) is 1. The lowest BCUT2D eigenvalue weighted by atomic mass is 9.96. The van der Waals surface area contributed by atoms with E-state index in [1.165, 1.54) is 5.56 Å². The van der Waals surface area contributed by atoms with Crippen LogP contribution in [0, 0.1) is 5.92 Å². The largest absolute Gasteiger partial charge is 0.466 e. The maximum atomic E-state index is 13.0. The van der Waals surface area contributed by atoms with Crippen LogP contribution in [-0.2, 0) is 9.53 Å². The second-order valence-corrected chi connectivity index (χ2v) is 8.06. The van der Waals surface area contributed by atoms with Gasteiger partial charge >= 0.3 is 5.97 Å². The third kappa shape index (κ3) is 4.88. The van der Waals surface area contributed by atoms with Crippen molar-refractivity contribution in [1.82, 2.24) is 15.2 Å². The lowest BCUT2D eigenvalue weighted by Gasteiger charge is -2.38. The van der Waals surface area contributed by atoms with Crippen LogP contribution >= 0.6 is 0 Å². The molecule has 1 N–H and O–H groups in total. The summed E-state index contributed by atoms with van der Waals surface area (Å²) in [6.45, 7) is 6.11. The van der Waals surface area contributed by atoms with Crippen LogP contribution in [0.5, 0.6) is 0 Å². The van der Waals surface area contributed by atoms with Gasteiger partial charge in [-0.15, -0.1) is 0 Å². The zero-order chi connectivity index (χ0) is 21.6. The van der Waals surface area contributed by atoms with Crippen LogP contribution in [0.4, 0.5) is 5.69 Å². The Morgan fingerprint density at radius 1 is 1.06 bits per heavy atom. The van der Waals surface area contributed by atoms with Crippen LogP contribution in [0.2, 0.25) is 0 Å². The fourth-order valence-electron chi connectivity index (χ4n) is 4.45. The molecule has 164 valence electrons. The number of aromatic nitrogens is 1. The third-order valence-electron chi connectivity index (χ3n) is 6.18. The van der Waals surface area contributed by atoms with E-state index in [1.807, 2.05) is 48.5 Å². The van der Waals surface area contributed by atoms with E-state index in [-0.39, 0.29) is 23.8 Å². The number of benzene rings is 1. The SMILES string of the molecule is CCOC(=O)C1CCN(C(=O)c2ccc(N3CCNCC3c3ccncc3)cc2)CC1. The normalized spacial score (nSPS) is 19.8. The monoisotopic (exact) mass is 422 g/mol. The Balaban J connectivity index is 1.41. The minimum absolute atomic E-state index is 0.0276. The number of likely N-dealkylation sites (tertiary alicyclic amines) is 1. The molecule has 3 heterocycles. The molecule has 7 nitrogen and oxygen atoms in total. The molecule has 0 bridgehead atoms. The van der Waals surface area contributed by atoms with Crippen LogP contribution in [0.25, 0.3) is 0 Å². The second kappa shape index (κ2) is 9.92. The number of nitrogens with one attached hydrogen (secondary N) is 1. The first-order chi connectivity index (χ1) is 15.2. The highest BCUT2D eigenvalue weighted by Gasteiger charge is 2.29. The Kier molecular flexibility index (Phi) is 6.82. The average molecular weight is 423 g/mol. The van der Waals surface area contributed by atoms with Gasteiger partial charge in [0.15, 0.2) is 0 Å². The fourth-order valence-corrected chi connectivity index (χ4v) is 4.45. The van der Waals surface area contributed by atoms with Crippen molar-refractivity contribution in [3.63, 3.8) is 0 Å². The minimum Gasteiger partial charge on any atom is -0.466 e. The maximum absolute atomic E-state index is 13.0. The van der Waals surface area contributed by atoms with Gasteiger partial charge in [-0.05, 0) is 61.7 Å². The van der Waals surface area contributed by atoms with E-state index in [4.69, 9.17) is 4.74 Å². The van der Waals surface area contributed by atoms with E-state index in [0.29, 0.717) is 38.1 Å². The number of ether oxygens (including phenoxy) is 1. The first-order valence-corrected chi connectivity index (χ1v) is 11.1. The van der Waals surface area contributed by atoms with Gasteiger partial charge in [0, 0.05) is 56.4 Å². The fraction of sp³-hybridized carbons (Fsp3) is 0.458. The van der Waals surface area contributed by atoms with E-state index >= 15 is 0 Å². The minimum atomic E-state index is -0.140. The highest BCUT2D eigenvalue weighted by Crippen LogP contribution is 2.29. The first-order valence-electron chi connectivity index (χ1n) is 11.1. The van der Waals surface area contributed by atoms with Crippen LogP contribution in [0.1, 0.15) is 41.7 Å². The number of anilines is 1. The van der Waals surface area contributed by atoms with Gasteiger partial charge in [-0.1, -0.05) is 0 Å². The smallest absolute Gasteiger partial charge is 0.309 e. The Morgan fingerprint density at radius 2 is 1.77 bits per heavy atom. The molecule has 2 fully saturated rings. The summed E-state index contributed by atoms with van der Waals surface area (Å²) in [6.07, 6.45) is 4.98. The van der Waals surface area contributed by atoms with Crippen molar-refractivity contribution in [3.8, 4) is 0 Å². The molecule has 2 aliphatic heterocycles. The van der Waals surface area contributed by atoms with Crippen molar-refractivity contribution in [2.24, 2.45) is 5.92 Å². The summed E-state index contributed by atoms with van der Waals surface area (Å²) in [6, 6.07) is 12.3. The predicted octanol–water partition coefficient (Wildman–Crippen LogP) is 2.65. The van der Waals surface area contributed by atoms with Crippen molar-refractivity contribution < 1.29 is 14.3 Å². The third-order valence-corrected chi connectivity index (χ3v) is 6.18. The summed E-state index contributed by atoms with van der Waals surface area (Å²) in [5.74, 6) is -0.206. The molecule has 1 atom stereocenters. The number of rotatable bonds is 5. The van der Waals surface area contributed by atoms with Crippen molar-refractivity contribution in [1.29, 1.82) is 0 Å². The Morgan fingerprint density at radius 3 is 2.45 bits per heavy atom. The highest BCUT2D eigenvalue weighted by molar-refractivity contribution is 5.94. The van der Waals surface area contributed by atoms with Gasteiger partial charge in [-0.25, -0.2) is 0 Å². The van der Waals surface area contributed by atoms with Gasteiger partial charge in [0.1, 0.15) is 0 Å². The number of amides is 1. The molecular weight excluding hydrogens is 392 g/mol. The lowest BCUT2D eigenvalue weighted by molar-refractivity contribution is -0.149. The molecule has 0 radical (unpaired) electrons. The molecule has 2 saturated heterocycles. The quantitative estimate of drug-likeness (QED) is 0.747. The molecule has 4 rings (SSSR count). The van der Waals surface area contributed by atoms with Gasteiger partial charge in [0.25, 0.3) is 5.91 Å². The summed E-state index contributed by atoms with van der Waals surface area (Å²) in [4.78, 5) is 33.2. The van der Waals surface area contributed by atoms with Crippen LogP contribution < -0.4 is 10.2 Å². The molecule has 0 spiro atoms. The van der Waals surface area contributed by atoms with Gasteiger partial charge in [-0.3, -0.25) is 14.6 Å². The number of carbonyl (C=O) groups excluding carboxylic acids is 2. The van der Waals surface area contributed by atoms with Crippen LogP contribution in [0.3, 0.4) is 0 Å². The number of hydrogen-bond acceptors (Lipinski definition) is 6. The predicted molar refractivity (Wildman–Crippen MR) is 119 cm³/mol. The molecule has 1 aromatic heterocycles. The van der Waals surface area contributed by atoms with Crippen molar-refractivity contribution in [2.75, 3.05) is 44.2 Å². The summed E-state index contributed by atoms with van der Waals surface area (Å²) >= 11 is 0. The van der Waals surface area contributed by atoms with Crippen molar-refractivity contribution in [2.45, 2.75) is 25.8 Å². The molecular formula is C24H30N4O3. The van der Waals surface area contributed by atoms with E-state index in [9.17, 15) is 9.59 Å². The standard InChI is InChI=1S/C24H30N4O3/c1-2-31-24(30)20-9-14-27(15-10-20)23(29)19-3-5-21(6-4-19)28-16-13-26-17-22(28)18-7-11-25-12-8-18/h3-8,11-12,20,22,26H,2,9-10,13-17H2,1H3. The van der Waals surface area contributed by atoms with Gasteiger partial charge in [-0.2, -0.15) is 0 Å². The topological polar surface area (TPSA) is 74.8 Å². The zero-order valence-corrected chi connectivity index (χ0v) is 18.0. The summed E-state index contributed by atoms with van der Waals surface area (Å²) < 4.78 is 5.12. The molecule has 2 aliphatic rings. The maximum Gasteiger partial charge on any atom is 0.309 e. The molecule has 1 amide bonds. The van der Waals surface area contributed by atoms with E-state index in [2.05, 4.69) is 27.3 Å². The summed E-state index contributed by atoms with van der Waals surface area (Å²) in [7, 11) is 0. The molecule has 1 unspecified atom stereocenters. The molecule has 0 saturated carbocycles. The molecule has 31 heavy (non-hydrogen) atoms. The van der Waals surface area contributed by atoms with Crippen LogP contribution in [-0.4, -0.2) is 61.1 Å². The van der Waals surface area contributed by atoms with E-state index in [1.54, 1.807) is 0 Å². The Labute approximate surface area is 183 Å². The number of nitrogens with zero attached hydrogens (tertiary/aromatic N) is 3. The number of pyridine rings is 1. The highest BCUT2D eigenvalue weighted by atomic mass is 16.5. The van der Waals surface area contributed by atoms with Gasteiger partial charge in [0.05, 0.1) is 18.6 Å². The number of piperazine rings is 1. The molecule has 7 heteroatoms. The second-order valence-electron chi connectivity index (χ2n) is 8.06. The number of carbonyl (C=O) groups is 2. The van der Waals surface area contributed by atoms with E-state index in [0.717, 1.165) is 25.3 Å². The van der Waals surface area contributed by atoms with Gasteiger partial charge in [0.2, 0.25) is 0 Å². The zero-order valence-electron chi connectivity index (χ0n) is 18.0.